The fourth-order valence-electron chi connectivity index (χ4n) is 1.37. The molecular weight excluding hydrogens is 286 g/mol. The van der Waals surface area contributed by atoms with Crippen molar-refractivity contribution in [3.05, 3.63) is 17.0 Å². The van der Waals surface area contributed by atoms with E-state index >= 15 is 0 Å². The molecule has 0 radical (unpaired) electrons. The van der Waals surface area contributed by atoms with Crippen LogP contribution in [0.15, 0.2) is 16.3 Å². The highest BCUT2D eigenvalue weighted by Gasteiger charge is 2.18. The van der Waals surface area contributed by atoms with Crippen LogP contribution in [0.3, 0.4) is 0 Å². The Morgan fingerprint density at radius 1 is 1.47 bits per heavy atom. The van der Waals surface area contributed by atoms with Crippen molar-refractivity contribution in [1.29, 1.82) is 0 Å². The fourth-order valence-corrected chi connectivity index (χ4v) is 4.00. The van der Waals surface area contributed by atoms with Crippen molar-refractivity contribution in [2.24, 2.45) is 5.73 Å². The highest BCUT2D eigenvalue weighted by molar-refractivity contribution is 7.91. The molecule has 0 fully saturated rings. The van der Waals surface area contributed by atoms with Crippen LogP contribution in [0.25, 0.3) is 0 Å². The topological polar surface area (TPSA) is 101 Å². The molecule has 0 unspecified atom stereocenters. The SMILES string of the molecule is CC(=O)NCCc1ccc(S(=O)(=O)N[C@@H](C)CN)s1. The summed E-state index contributed by atoms with van der Waals surface area (Å²) < 4.78 is 26.7. The van der Waals surface area contributed by atoms with Gasteiger partial charge >= 0.3 is 0 Å². The van der Waals surface area contributed by atoms with E-state index in [9.17, 15) is 13.2 Å². The second-order valence-corrected chi connectivity index (χ2v) is 7.32. The minimum Gasteiger partial charge on any atom is -0.356 e. The zero-order chi connectivity index (χ0) is 14.5. The van der Waals surface area contributed by atoms with Gasteiger partial charge in [-0.25, -0.2) is 13.1 Å². The van der Waals surface area contributed by atoms with Gasteiger partial charge in [-0.15, -0.1) is 11.3 Å². The summed E-state index contributed by atoms with van der Waals surface area (Å²) in [6.45, 7) is 3.91. The van der Waals surface area contributed by atoms with Crippen LogP contribution < -0.4 is 15.8 Å². The summed E-state index contributed by atoms with van der Waals surface area (Å²) in [5.41, 5.74) is 5.39. The van der Waals surface area contributed by atoms with E-state index in [4.69, 9.17) is 5.73 Å². The molecule has 19 heavy (non-hydrogen) atoms. The molecule has 1 aromatic heterocycles. The molecule has 1 amide bonds. The number of carbonyl (C=O) groups is 1. The second kappa shape index (κ2) is 6.99. The molecule has 0 aliphatic rings. The largest absolute Gasteiger partial charge is 0.356 e. The Morgan fingerprint density at radius 3 is 2.74 bits per heavy atom. The average molecular weight is 305 g/mol. The monoisotopic (exact) mass is 305 g/mol. The summed E-state index contributed by atoms with van der Waals surface area (Å²) in [6.07, 6.45) is 0.617. The summed E-state index contributed by atoms with van der Waals surface area (Å²) in [6, 6.07) is 3.03. The lowest BCUT2D eigenvalue weighted by molar-refractivity contribution is -0.118. The van der Waals surface area contributed by atoms with Crippen molar-refractivity contribution in [3.63, 3.8) is 0 Å². The normalized spacial score (nSPS) is 13.2. The Morgan fingerprint density at radius 2 is 2.16 bits per heavy atom. The van der Waals surface area contributed by atoms with Crippen LogP contribution in [-0.2, 0) is 21.2 Å². The van der Waals surface area contributed by atoms with E-state index in [0.29, 0.717) is 13.0 Å². The van der Waals surface area contributed by atoms with Crippen LogP contribution in [0.5, 0.6) is 0 Å². The molecule has 4 N–H and O–H groups in total. The van der Waals surface area contributed by atoms with E-state index in [-0.39, 0.29) is 22.7 Å². The van der Waals surface area contributed by atoms with Gasteiger partial charge in [0.25, 0.3) is 0 Å². The number of thiophene rings is 1. The second-order valence-electron chi connectivity index (χ2n) is 4.21. The maximum Gasteiger partial charge on any atom is 0.250 e. The Balaban J connectivity index is 2.65. The van der Waals surface area contributed by atoms with Crippen LogP contribution in [0, 0.1) is 0 Å². The molecule has 6 nitrogen and oxygen atoms in total. The Bertz CT molecular complexity index is 525. The van der Waals surface area contributed by atoms with Gasteiger partial charge in [0.05, 0.1) is 0 Å². The number of hydrogen-bond acceptors (Lipinski definition) is 5. The molecule has 108 valence electrons. The first kappa shape index (κ1) is 16.1. The molecule has 1 rings (SSSR count). The number of hydrogen-bond donors (Lipinski definition) is 3. The molecule has 0 spiro atoms. The average Bonchev–Trinajstić information content (AvgIpc) is 2.77. The number of amides is 1. The van der Waals surface area contributed by atoms with E-state index in [1.165, 1.54) is 18.3 Å². The maximum atomic E-state index is 12.0. The van der Waals surface area contributed by atoms with Crippen molar-refractivity contribution in [1.82, 2.24) is 10.0 Å². The maximum absolute atomic E-state index is 12.0. The van der Waals surface area contributed by atoms with Crippen molar-refractivity contribution in [3.8, 4) is 0 Å². The van der Waals surface area contributed by atoms with Gasteiger partial charge in [0, 0.05) is 30.9 Å². The fraction of sp³-hybridized carbons (Fsp3) is 0.545. The van der Waals surface area contributed by atoms with Gasteiger partial charge < -0.3 is 11.1 Å². The smallest absolute Gasteiger partial charge is 0.250 e. The standard InChI is InChI=1S/C11H19N3O3S2/c1-8(7-12)14-19(16,17)11-4-3-10(18-11)5-6-13-9(2)15/h3-4,8,14H,5-7,12H2,1-2H3,(H,13,15)/t8-/m0/s1. The minimum atomic E-state index is -3.49. The summed E-state index contributed by atoms with van der Waals surface area (Å²) >= 11 is 1.20. The van der Waals surface area contributed by atoms with Gasteiger partial charge in [-0.3, -0.25) is 4.79 Å². The lowest BCUT2D eigenvalue weighted by Crippen LogP contribution is -2.37. The third-order valence-electron chi connectivity index (χ3n) is 2.36. The first-order chi connectivity index (χ1) is 8.85. The van der Waals surface area contributed by atoms with Crippen molar-refractivity contribution < 1.29 is 13.2 Å². The van der Waals surface area contributed by atoms with Gasteiger partial charge in [-0.1, -0.05) is 0 Å². The predicted molar refractivity (Wildman–Crippen MR) is 75.5 cm³/mol. The number of carbonyl (C=O) groups excluding carboxylic acids is 1. The highest BCUT2D eigenvalue weighted by atomic mass is 32.2. The van der Waals surface area contributed by atoms with Gasteiger partial charge in [0.1, 0.15) is 4.21 Å². The Kier molecular flexibility index (Phi) is 5.92. The molecule has 0 aliphatic heterocycles. The zero-order valence-electron chi connectivity index (χ0n) is 11.0. The third-order valence-corrected chi connectivity index (χ3v) is 5.58. The van der Waals surface area contributed by atoms with Crippen molar-refractivity contribution in [2.45, 2.75) is 30.5 Å². The van der Waals surface area contributed by atoms with Gasteiger partial charge in [0.15, 0.2) is 0 Å². The van der Waals surface area contributed by atoms with Gasteiger partial charge in [0.2, 0.25) is 15.9 Å². The van der Waals surface area contributed by atoms with Crippen LogP contribution in [0.1, 0.15) is 18.7 Å². The van der Waals surface area contributed by atoms with Crippen LogP contribution >= 0.6 is 11.3 Å². The summed E-state index contributed by atoms with van der Waals surface area (Å²) in [5, 5.41) is 2.67. The minimum absolute atomic E-state index is 0.0946. The van der Waals surface area contributed by atoms with E-state index in [1.807, 2.05) is 0 Å². The molecule has 0 bridgehead atoms. The number of nitrogens with two attached hydrogens (primary N) is 1. The summed E-state index contributed by atoms with van der Waals surface area (Å²) in [7, 11) is -3.49. The van der Waals surface area contributed by atoms with Crippen molar-refractivity contribution in [2.75, 3.05) is 13.1 Å². The Labute approximate surface area is 117 Å². The lowest BCUT2D eigenvalue weighted by Gasteiger charge is -2.10. The van der Waals surface area contributed by atoms with E-state index in [2.05, 4.69) is 10.0 Å². The van der Waals surface area contributed by atoms with Gasteiger partial charge in [-0.05, 0) is 25.5 Å². The summed E-state index contributed by atoms with van der Waals surface area (Å²) in [5.74, 6) is -0.0946. The molecule has 0 aromatic carbocycles. The molecule has 0 saturated carbocycles. The molecule has 1 heterocycles. The molecule has 8 heteroatoms. The molecule has 0 aliphatic carbocycles. The molecular formula is C11H19N3O3S2. The van der Waals surface area contributed by atoms with Crippen LogP contribution in [0.4, 0.5) is 0 Å². The summed E-state index contributed by atoms with van der Waals surface area (Å²) in [4.78, 5) is 11.6. The third kappa shape index (κ3) is 5.27. The van der Waals surface area contributed by atoms with E-state index in [0.717, 1.165) is 4.88 Å². The number of rotatable bonds is 7. The van der Waals surface area contributed by atoms with E-state index < -0.39 is 10.0 Å². The number of sulfonamides is 1. The predicted octanol–water partition coefficient (Wildman–Crippen LogP) is 0.0522. The molecule has 1 aromatic rings. The van der Waals surface area contributed by atoms with Gasteiger partial charge in [-0.2, -0.15) is 0 Å². The van der Waals surface area contributed by atoms with Crippen molar-refractivity contribution >= 4 is 27.3 Å². The quantitative estimate of drug-likeness (QED) is 0.662. The molecule has 0 saturated heterocycles. The first-order valence-corrected chi connectivity index (χ1v) is 8.20. The van der Waals surface area contributed by atoms with E-state index in [1.54, 1.807) is 19.1 Å². The van der Waals surface area contributed by atoms with Crippen LogP contribution in [0.2, 0.25) is 0 Å². The Hall–Kier alpha value is -0.960. The zero-order valence-corrected chi connectivity index (χ0v) is 12.6. The van der Waals surface area contributed by atoms with Crippen LogP contribution in [-0.4, -0.2) is 33.5 Å². The first-order valence-electron chi connectivity index (χ1n) is 5.90. The highest BCUT2D eigenvalue weighted by Crippen LogP contribution is 2.21. The number of nitrogens with one attached hydrogen (secondary N) is 2. The lowest BCUT2D eigenvalue weighted by atomic mass is 10.3. The molecule has 1 atom stereocenters.